The summed E-state index contributed by atoms with van der Waals surface area (Å²) in [7, 11) is -5.69. The Hall–Kier alpha value is -2.21. The molecule has 1 aromatic heterocycles. The molecule has 182 valence electrons. The van der Waals surface area contributed by atoms with Crippen molar-refractivity contribution in [2.45, 2.75) is 37.0 Å². The van der Waals surface area contributed by atoms with Crippen LogP contribution < -0.4 is 0 Å². The molecule has 1 fully saturated rings. The van der Waals surface area contributed by atoms with Crippen molar-refractivity contribution in [3.63, 3.8) is 0 Å². The summed E-state index contributed by atoms with van der Waals surface area (Å²) in [4.78, 5) is 15.1. The Kier molecular flexibility index (Phi) is 7.67. The summed E-state index contributed by atoms with van der Waals surface area (Å²) in [6, 6.07) is 8.13. The summed E-state index contributed by atoms with van der Waals surface area (Å²) in [6.45, 7) is 7.23. The Bertz CT molecular complexity index is 1200. The molecule has 2 aromatic rings. The van der Waals surface area contributed by atoms with Gasteiger partial charge in [-0.25, -0.2) is 16.8 Å². The van der Waals surface area contributed by atoms with Gasteiger partial charge in [-0.15, -0.1) is 0 Å². The van der Waals surface area contributed by atoms with Gasteiger partial charge in [-0.3, -0.25) is 4.79 Å². The third kappa shape index (κ3) is 5.16. The average Bonchev–Trinajstić information content (AvgIpc) is 3.00. The lowest BCUT2D eigenvalue weighted by atomic mass is 10.2. The minimum absolute atomic E-state index is 0.0791. The second-order valence-corrected chi connectivity index (χ2v) is 12.0. The quantitative estimate of drug-likeness (QED) is 0.583. The second kappa shape index (κ2) is 9.96. The van der Waals surface area contributed by atoms with Crippen molar-refractivity contribution in [2.75, 3.05) is 39.3 Å². The van der Waals surface area contributed by atoms with Crippen molar-refractivity contribution in [3.8, 4) is 0 Å². The summed E-state index contributed by atoms with van der Waals surface area (Å²) in [5.74, 6) is -0.312. The fourth-order valence-corrected chi connectivity index (χ4v) is 6.96. The Labute approximate surface area is 196 Å². The number of amides is 1. The maximum atomic E-state index is 13.2. The van der Waals surface area contributed by atoms with Gasteiger partial charge in [-0.05, 0) is 31.5 Å². The van der Waals surface area contributed by atoms with Gasteiger partial charge in [0.1, 0.15) is 10.6 Å². The van der Waals surface area contributed by atoms with Crippen LogP contribution in [0, 0.1) is 6.92 Å². The van der Waals surface area contributed by atoms with Crippen LogP contribution in [0.3, 0.4) is 0 Å². The molecule has 1 aliphatic heterocycles. The van der Waals surface area contributed by atoms with Crippen molar-refractivity contribution in [1.82, 2.24) is 18.1 Å². The number of aryl methyl sites for hydroxylation is 2. The molecule has 0 radical (unpaired) electrons. The molecule has 1 aromatic carbocycles. The van der Waals surface area contributed by atoms with Crippen molar-refractivity contribution in [1.29, 1.82) is 0 Å². The molecule has 0 spiro atoms. The van der Waals surface area contributed by atoms with E-state index in [-0.39, 0.29) is 34.5 Å². The smallest absolute Gasteiger partial charge is 0.270 e. The predicted octanol–water partition coefficient (Wildman–Crippen LogP) is 1.90. The molecule has 0 atom stereocenters. The Morgan fingerprint density at radius 3 is 2.18 bits per heavy atom. The van der Waals surface area contributed by atoms with Crippen LogP contribution in [0.5, 0.6) is 0 Å². The first-order chi connectivity index (χ1) is 15.5. The molecule has 0 bridgehead atoms. The van der Waals surface area contributed by atoms with E-state index in [0.29, 0.717) is 32.6 Å². The number of benzene rings is 1. The van der Waals surface area contributed by atoms with Crippen LogP contribution >= 0.6 is 0 Å². The number of hydrogen-bond acceptors (Lipinski definition) is 5. The largest absolute Gasteiger partial charge is 0.345 e. The van der Waals surface area contributed by atoms with Gasteiger partial charge in [-0.1, -0.05) is 31.5 Å². The van der Waals surface area contributed by atoms with Gasteiger partial charge in [0.05, 0.1) is 4.90 Å². The number of hydrogen-bond donors (Lipinski definition) is 0. The van der Waals surface area contributed by atoms with Gasteiger partial charge in [0.25, 0.3) is 5.91 Å². The highest BCUT2D eigenvalue weighted by molar-refractivity contribution is 7.89. The van der Waals surface area contributed by atoms with E-state index in [9.17, 15) is 21.6 Å². The van der Waals surface area contributed by atoms with Gasteiger partial charge >= 0.3 is 0 Å². The van der Waals surface area contributed by atoms with Crippen LogP contribution in [0.1, 0.15) is 36.3 Å². The Balaban J connectivity index is 1.78. The summed E-state index contributed by atoms with van der Waals surface area (Å²) >= 11 is 0. The van der Waals surface area contributed by atoms with Crippen molar-refractivity contribution < 1.29 is 21.6 Å². The summed E-state index contributed by atoms with van der Waals surface area (Å²) < 4.78 is 56.0. The number of rotatable bonds is 7. The fourth-order valence-electron chi connectivity index (χ4n) is 3.96. The first-order valence-corrected chi connectivity index (χ1v) is 13.9. The summed E-state index contributed by atoms with van der Waals surface area (Å²) in [5.41, 5.74) is 1.24. The highest BCUT2D eigenvalue weighted by atomic mass is 32.2. The number of carbonyl (C=O) groups is 1. The third-order valence-corrected chi connectivity index (χ3v) is 9.87. The Morgan fingerprint density at radius 1 is 0.939 bits per heavy atom. The highest BCUT2D eigenvalue weighted by Gasteiger charge is 2.31. The van der Waals surface area contributed by atoms with Crippen molar-refractivity contribution in [3.05, 3.63) is 47.8 Å². The van der Waals surface area contributed by atoms with E-state index in [4.69, 9.17) is 0 Å². The van der Waals surface area contributed by atoms with E-state index in [0.717, 1.165) is 5.56 Å². The molecule has 0 N–H and O–H groups in total. The first-order valence-electron chi connectivity index (χ1n) is 11.0. The van der Waals surface area contributed by atoms with Crippen LogP contribution in [0.2, 0.25) is 0 Å². The first kappa shape index (κ1) is 25.4. The fraction of sp³-hybridized carbons (Fsp3) is 0.500. The van der Waals surface area contributed by atoms with E-state index in [1.165, 1.54) is 25.4 Å². The van der Waals surface area contributed by atoms with Crippen molar-refractivity contribution in [2.24, 2.45) is 7.05 Å². The van der Waals surface area contributed by atoms with Crippen LogP contribution in [-0.2, 0) is 27.1 Å². The predicted molar refractivity (Wildman–Crippen MR) is 126 cm³/mol. The van der Waals surface area contributed by atoms with Gasteiger partial charge in [0.2, 0.25) is 20.0 Å². The number of carbonyl (C=O) groups excluding carboxylic acids is 1. The SMILES string of the molecule is CCN(CC)S(=O)(=O)c1cc(C(=O)N2CCCN(S(=O)(=O)c3ccc(C)cc3)CC2)n(C)c1. The van der Waals surface area contributed by atoms with E-state index in [2.05, 4.69) is 0 Å². The average molecular weight is 497 g/mol. The van der Waals surface area contributed by atoms with Crippen LogP contribution in [0.4, 0.5) is 0 Å². The molecule has 9 nitrogen and oxygen atoms in total. The zero-order valence-corrected chi connectivity index (χ0v) is 21.2. The minimum Gasteiger partial charge on any atom is -0.345 e. The van der Waals surface area contributed by atoms with Crippen LogP contribution in [0.15, 0.2) is 46.3 Å². The van der Waals surface area contributed by atoms with E-state index in [1.54, 1.807) is 50.1 Å². The summed E-state index contributed by atoms with van der Waals surface area (Å²) in [6.07, 6.45) is 1.94. The zero-order valence-electron chi connectivity index (χ0n) is 19.6. The lowest BCUT2D eigenvalue weighted by molar-refractivity contribution is 0.0754. The molecule has 11 heteroatoms. The Morgan fingerprint density at radius 2 is 1.58 bits per heavy atom. The summed E-state index contributed by atoms with van der Waals surface area (Å²) in [5, 5.41) is 0. The van der Waals surface area contributed by atoms with Gasteiger partial charge < -0.3 is 9.47 Å². The molecule has 0 aliphatic carbocycles. The molecule has 1 amide bonds. The minimum atomic E-state index is -3.68. The number of aromatic nitrogens is 1. The maximum Gasteiger partial charge on any atom is 0.270 e. The van der Waals surface area contributed by atoms with E-state index >= 15 is 0 Å². The maximum absolute atomic E-state index is 13.2. The zero-order chi connectivity index (χ0) is 24.4. The molecule has 0 unspecified atom stereocenters. The monoisotopic (exact) mass is 496 g/mol. The van der Waals surface area contributed by atoms with E-state index in [1.807, 2.05) is 6.92 Å². The van der Waals surface area contributed by atoms with E-state index < -0.39 is 20.0 Å². The van der Waals surface area contributed by atoms with Crippen molar-refractivity contribution >= 4 is 26.0 Å². The molecular formula is C22H32N4O5S2. The molecule has 0 saturated carbocycles. The van der Waals surface area contributed by atoms with Gasteiger partial charge in [0, 0.05) is 52.5 Å². The lowest BCUT2D eigenvalue weighted by Gasteiger charge is -2.22. The molecular weight excluding hydrogens is 464 g/mol. The molecule has 1 aliphatic rings. The lowest BCUT2D eigenvalue weighted by Crippen LogP contribution is -2.37. The van der Waals surface area contributed by atoms with Crippen LogP contribution in [0.25, 0.3) is 0 Å². The van der Waals surface area contributed by atoms with Gasteiger partial charge in [0.15, 0.2) is 0 Å². The number of nitrogens with zero attached hydrogens (tertiary/aromatic N) is 4. The molecule has 33 heavy (non-hydrogen) atoms. The molecule has 3 rings (SSSR count). The normalized spacial score (nSPS) is 16.2. The van der Waals surface area contributed by atoms with Crippen LogP contribution in [-0.4, -0.2) is 80.1 Å². The third-order valence-electron chi connectivity index (χ3n) is 5.94. The standard InChI is InChI=1S/C22H32N4O5S2/c1-5-25(6-2)33(30,31)20-16-21(23(4)17-20)22(27)24-12-7-13-26(15-14-24)32(28,29)19-10-8-18(3)9-11-19/h8-11,16-17H,5-7,12-15H2,1-4H3. The number of sulfonamides is 2. The molecule has 2 heterocycles. The van der Waals surface area contributed by atoms with Gasteiger partial charge in [-0.2, -0.15) is 8.61 Å². The second-order valence-electron chi connectivity index (χ2n) is 8.12. The molecule has 1 saturated heterocycles. The highest BCUT2D eigenvalue weighted by Crippen LogP contribution is 2.22. The topological polar surface area (TPSA) is 100 Å².